The van der Waals surface area contributed by atoms with Gasteiger partial charge in [-0.2, -0.15) is 0 Å². The molecule has 1 fully saturated rings. The van der Waals surface area contributed by atoms with E-state index in [0.717, 1.165) is 6.42 Å². The summed E-state index contributed by atoms with van der Waals surface area (Å²) >= 11 is 0. The van der Waals surface area contributed by atoms with E-state index in [1.165, 1.54) is 0 Å². The number of hydrogen-bond donors (Lipinski definition) is 1. The Kier molecular flexibility index (Phi) is 3.47. The molecule has 0 amide bonds. The molecule has 2 nitrogen and oxygen atoms in total. The van der Waals surface area contributed by atoms with Crippen LogP contribution in [0.5, 0.6) is 0 Å². The second-order valence-electron chi connectivity index (χ2n) is 3.44. The monoisotopic (exact) mass is 176 g/mol. The zero-order valence-electron chi connectivity index (χ0n) is 7.66. The summed E-state index contributed by atoms with van der Waals surface area (Å²) in [6.45, 7) is 3.87. The molecule has 1 aliphatic heterocycles. The third-order valence-electron chi connectivity index (χ3n) is 2.61. The van der Waals surface area contributed by atoms with Crippen LogP contribution in [0.1, 0.15) is 26.7 Å². The van der Waals surface area contributed by atoms with E-state index in [2.05, 4.69) is 0 Å². The van der Waals surface area contributed by atoms with Crippen molar-refractivity contribution in [2.24, 2.45) is 5.92 Å². The van der Waals surface area contributed by atoms with Gasteiger partial charge in [-0.1, -0.05) is 13.8 Å². The predicted octanol–water partition coefficient (Wildman–Crippen LogP) is 1.52. The fourth-order valence-corrected chi connectivity index (χ4v) is 1.79. The molecule has 1 heterocycles. The molecule has 0 aromatic heterocycles. The summed E-state index contributed by atoms with van der Waals surface area (Å²) < 4.78 is 18.8. The van der Waals surface area contributed by atoms with Gasteiger partial charge in [0.25, 0.3) is 0 Å². The van der Waals surface area contributed by atoms with E-state index in [1.807, 2.05) is 13.8 Å². The highest BCUT2D eigenvalue weighted by atomic mass is 19.1. The topological polar surface area (TPSA) is 29.5 Å². The minimum Gasteiger partial charge on any atom is -0.396 e. The molecule has 1 aliphatic rings. The lowest BCUT2D eigenvalue weighted by Gasteiger charge is -2.11. The second-order valence-corrected chi connectivity index (χ2v) is 3.44. The number of hydrogen-bond acceptors (Lipinski definition) is 2. The Hall–Kier alpha value is -0.150. The standard InChI is InChI=1S/C9H17FO2/c1-3-7-6(2)9(10)8(12-7)4-5-11/h6-9,11H,3-5H2,1-2H3/t6-,7+,8?,9-/m0/s1. The third kappa shape index (κ3) is 1.77. The summed E-state index contributed by atoms with van der Waals surface area (Å²) in [7, 11) is 0. The summed E-state index contributed by atoms with van der Waals surface area (Å²) in [4.78, 5) is 0. The molecule has 0 radical (unpaired) electrons. The van der Waals surface area contributed by atoms with Gasteiger partial charge in [-0.05, 0) is 12.8 Å². The fraction of sp³-hybridized carbons (Fsp3) is 1.00. The first kappa shape index (κ1) is 9.93. The van der Waals surface area contributed by atoms with Crippen LogP contribution in [0.25, 0.3) is 0 Å². The van der Waals surface area contributed by atoms with Crippen molar-refractivity contribution in [3.05, 3.63) is 0 Å². The van der Waals surface area contributed by atoms with E-state index in [0.29, 0.717) is 6.42 Å². The van der Waals surface area contributed by atoms with Crippen molar-refractivity contribution in [2.75, 3.05) is 6.61 Å². The lowest BCUT2D eigenvalue weighted by atomic mass is 9.97. The van der Waals surface area contributed by atoms with Crippen molar-refractivity contribution in [2.45, 2.75) is 45.1 Å². The Morgan fingerprint density at radius 3 is 2.50 bits per heavy atom. The SMILES string of the molecule is CC[C@H]1OC(CCO)[C@@H](F)[C@H]1C. The average Bonchev–Trinajstić information content (AvgIpc) is 2.33. The maximum atomic E-state index is 13.4. The molecule has 1 rings (SSSR count). The maximum absolute atomic E-state index is 13.4. The normalized spacial score (nSPS) is 42.0. The van der Waals surface area contributed by atoms with Crippen LogP contribution in [0.15, 0.2) is 0 Å². The molecule has 3 heteroatoms. The Labute approximate surface area is 72.7 Å². The molecule has 0 bridgehead atoms. The Balaban J connectivity index is 2.48. The molecule has 0 aromatic rings. The highest BCUT2D eigenvalue weighted by Gasteiger charge is 2.40. The first-order valence-electron chi connectivity index (χ1n) is 4.61. The van der Waals surface area contributed by atoms with Crippen molar-refractivity contribution < 1.29 is 14.2 Å². The molecule has 12 heavy (non-hydrogen) atoms. The first-order valence-corrected chi connectivity index (χ1v) is 4.61. The smallest absolute Gasteiger partial charge is 0.131 e. The van der Waals surface area contributed by atoms with Crippen LogP contribution in [0.3, 0.4) is 0 Å². The molecule has 0 saturated carbocycles. The number of aliphatic hydroxyl groups excluding tert-OH is 1. The average molecular weight is 176 g/mol. The Morgan fingerprint density at radius 2 is 2.08 bits per heavy atom. The van der Waals surface area contributed by atoms with Crippen molar-refractivity contribution in [3.63, 3.8) is 0 Å². The van der Waals surface area contributed by atoms with Gasteiger partial charge in [0, 0.05) is 12.5 Å². The summed E-state index contributed by atoms with van der Waals surface area (Å²) in [6.07, 6.45) is 0.0273. The number of rotatable bonds is 3. The van der Waals surface area contributed by atoms with Crippen molar-refractivity contribution >= 4 is 0 Å². The van der Waals surface area contributed by atoms with Crippen molar-refractivity contribution in [1.29, 1.82) is 0 Å². The van der Waals surface area contributed by atoms with Gasteiger partial charge >= 0.3 is 0 Å². The highest BCUT2D eigenvalue weighted by molar-refractivity contribution is 4.87. The highest BCUT2D eigenvalue weighted by Crippen LogP contribution is 2.32. The third-order valence-corrected chi connectivity index (χ3v) is 2.61. The Morgan fingerprint density at radius 1 is 1.42 bits per heavy atom. The van der Waals surface area contributed by atoms with Gasteiger partial charge in [0.1, 0.15) is 6.17 Å². The van der Waals surface area contributed by atoms with Gasteiger partial charge in [-0.3, -0.25) is 0 Å². The lowest BCUT2D eigenvalue weighted by molar-refractivity contribution is 0.0107. The molecule has 4 atom stereocenters. The molecular weight excluding hydrogens is 159 g/mol. The minimum absolute atomic E-state index is 0.00818. The van der Waals surface area contributed by atoms with E-state index in [4.69, 9.17) is 9.84 Å². The predicted molar refractivity (Wildman–Crippen MR) is 44.7 cm³/mol. The van der Waals surface area contributed by atoms with Crippen molar-refractivity contribution in [1.82, 2.24) is 0 Å². The molecule has 1 N–H and O–H groups in total. The molecule has 0 spiro atoms. The first-order chi connectivity index (χ1) is 5.70. The van der Waals surface area contributed by atoms with Gasteiger partial charge in [0.15, 0.2) is 0 Å². The van der Waals surface area contributed by atoms with Crippen LogP contribution in [-0.2, 0) is 4.74 Å². The molecule has 0 aromatic carbocycles. The van der Waals surface area contributed by atoms with Gasteiger partial charge in [-0.15, -0.1) is 0 Å². The summed E-state index contributed by atoms with van der Waals surface area (Å²) in [5.74, 6) is -0.0217. The minimum atomic E-state index is -0.901. The summed E-state index contributed by atoms with van der Waals surface area (Å²) in [5.41, 5.74) is 0. The molecular formula is C9H17FO2. The van der Waals surface area contributed by atoms with Crippen LogP contribution in [0, 0.1) is 5.92 Å². The number of halogens is 1. The van der Waals surface area contributed by atoms with E-state index >= 15 is 0 Å². The van der Waals surface area contributed by atoms with Crippen LogP contribution in [0.4, 0.5) is 4.39 Å². The largest absolute Gasteiger partial charge is 0.396 e. The number of alkyl halides is 1. The number of aliphatic hydroxyl groups is 1. The van der Waals surface area contributed by atoms with Crippen LogP contribution >= 0.6 is 0 Å². The summed E-state index contributed by atoms with van der Waals surface area (Å²) in [6, 6.07) is 0. The van der Waals surface area contributed by atoms with Gasteiger partial charge in [0.2, 0.25) is 0 Å². The second kappa shape index (κ2) is 4.19. The zero-order chi connectivity index (χ0) is 9.14. The van der Waals surface area contributed by atoms with Crippen molar-refractivity contribution in [3.8, 4) is 0 Å². The van der Waals surface area contributed by atoms with E-state index in [9.17, 15) is 4.39 Å². The van der Waals surface area contributed by atoms with E-state index in [1.54, 1.807) is 0 Å². The molecule has 1 saturated heterocycles. The quantitative estimate of drug-likeness (QED) is 0.706. The lowest BCUT2D eigenvalue weighted by Crippen LogP contribution is -2.21. The van der Waals surface area contributed by atoms with Gasteiger partial charge in [0.05, 0.1) is 12.2 Å². The van der Waals surface area contributed by atoms with Gasteiger partial charge < -0.3 is 9.84 Å². The zero-order valence-corrected chi connectivity index (χ0v) is 7.66. The maximum Gasteiger partial charge on any atom is 0.131 e. The van der Waals surface area contributed by atoms with Gasteiger partial charge in [-0.25, -0.2) is 4.39 Å². The fourth-order valence-electron chi connectivity index (χ4n) is 1.79. The summed E-state index contributed by atoms with van der Waals surface area (Å²) in [5, 5.41) is 8.64. The molecule has 72 valence electrons. The number of ether oxygens (including phenoxy) is 1. The molecule has 0 aliphatic carbocycles. The van der Waals surface area contributed by atoms with Crippen LogP contribution < -0.4 is 0 Å². The van der Waals surface area contributed by atoms with Crippen LogP contribution in [0.2, 0.25) is 0 Å². The molecule has 1 unspecified atom stereocenters. The van der Waals surface area contributed by atoms with E-state index in [-0.39, 0.29) is 24.7 Å². The van der Waals surface area contributed by atoms with E-state index < -0.39 is 6.17 Å². The Bertz CT molecular complexity index is 140. The van der Waals surface area contributed by atoms with Crippen LogP contribution in [-0.4, -0.2) is 30.1 Å².